The molecule has 0 fully saturated rings. The number of nitrogens with zero attached hydrogens (tertiary/aromatic N) is 1. The van der Waals surface area contributed by atoms with E-state index in [-0.39, 0.29) is 0 Å². The normalized spacial score (nSPS) is 11.2. The maximum atomic E-state index is 2.34. The molecule has 0 aliphatic rings. The lowest BCUT2D eigenvalue weighted by Gasteiger charge is -2.04. The van der Waals surface area contributed by atoms with Crippen LogP contribution in [0.1, 0.15) is 22.2 Å². The van der Waals surface area contributed by atoms with Crippen LogP contribution >= 0.6 is 11.3 Å². The number of fused-ring (bicyclic) bond motifs is 1. The summed E-state index contributed by atoms with van der Waals surface area (Å²) < 4.78 is 2.34. The van der Waals surface area contributed by atoms with Crippen molar-refractivity contribution in [3.8, 4) is 0 Å². The fraction of sp³-hybridized carbons (Fsp3) is 0.250. The summed E-state index contributed by atoms with van der Waals surface area (Å²) in [7, 11) is 0. The predicted octanol–water partition coefficient (Wildman–Crippen LogP) is 4.62. The third-order valence-electron chi connectivity index (χ3n) is 3.32. The molecule has 18 heavy (non-hydrogen) atoms. The van der Waals surface area contributed by atoms with E-state index in [1.165, 1.54) is 26.2 Å². The van der Waals surface area contributed by atoms with Crippen molar-refractivity contribution in [2.24, 2.45) is 0 Å². The highest BCUT2D eigenvalue weighted by atomic mass is 32.1. The van der Waals surface area contributed by atoms with E-state index in [2.05, 4.69) is 61.0 Å². The van der Waals surface area contributed by atoms with Gasteiger partial charge in [-0.3, -0.25) is 0 Å². The lowest BCUT2D eigenvalue weighted by molar-refractivity contribution is 0.851. The fourth-order valence-electron chi connectivity index (χ4n) is 2.30. The lowest BCUT2D eigenvalue weighted by atomic mass is 10.2. The Bertz CT molecular complexity index is 675. The maximum Gasteiger partial charge on any atom is 0.0569 e. The van der Waals surface area contributed by atoms with E-state index in [9.17, 15) is 0 Å². The number of rotatable bonds is 3. The van der Waals surface area contributed by atoms with E-state index in [0.29, 0.717) is 0 Å². The molecule has 1 aromatic carbocycles. The SMILES string of the molecule is CCc1ccc(Cn2ccc3ccc(C)cc32)s1. The van der Waals surface area contributed by atoms with Crippen molar-refractivity contribution in [1.82, 2.24) is 4.57 Å². The zero-order valence-electron chi connectivity index (χ0n) is 10.8. The minimum absolute atomic E-state index is 0.984. The molecule has 0 saturated carbocycles. The molecule has 1 nitrogen and oxygen atoms in total. The average Bonchev–Trinajstić information content (AvgIpc) is 2.97. The van der Waals surface area contributed by atoms with Gasteiger partial charge >= 0.3 is 0 Å². The van der Waals surface area contributed by atoms with Gasteiger partial charge in [0.05, 0.1) is 6.54 Å². The van der Waals surface area contributed by atoms with Gasteiger partial charge < -0.3 is 4.57 Å². The van der Waals surface area contributed by atoms with Crippen LogP contribution in [0.3, 0.4) is 0 Å². The van der Waals surface area contributed by atoms with Crippen molar-refractivity contribution in [3.05, 3.63) is 57.9 Å². The third kappa shape index (κ3) is 2.08. The second-order valence-electron chi connectivity index (χ2n) is 4.73. The zero-order chi connectivity index (χ0) is 12.5. The van der Waals surface area contributed by atoms with E-state index in [4.69, 9.17) is 0 Å². The van der Waals surface area contributed by atoms with Crippen LogP contribution in [0.25, 0.3) is 10.9 Å². The molecule has 0 unspecified atom stereocenters. The van der Waals surface area contributed by atoms with Gasteiger partial charge in [-0.25, -0.2) is 0 Å². The van der Waals surface area contributed by atoms with Crippen LogP contribution in [0.2, 0.25) is 0 Å². The van der Waals surface area contributed by atoms with Crippen LogP contribution < -0.4 is 0 Å². The molecule has 2 aromatic heterocycles. The van der Waals surface area contributed by atoms with Gasteiger partial charge in [0, 0.05) is 21.5 Å². The minimum Gasteiger partial charge on any atom is -0.342 e. The van der Waals surface area contributed by atoms with Crippen molar-refractivity contribution in [1.29, 1.82) is 0 Å². The van der Waals surface area contributed by atoms with Crippen molar-refractivity contribution in [2.45, 2.75) is 26.8 Å². The van der Waals surface area contributed by atoms with E-state index in [0.717, 1.165) is 13.0 Å². The van der Waals surface area contributed by atoms with Gasteiger partial charge in [-0.15, -0.1) is 11.3 Å². The Hall–Kier alpha value is -1.54. The molecule has 2 heteroatoms. The number of hydrogen-bond donors (Lipinski definition) is 0. The summed E-state index contributed by atoms with van der Waals surface area (Å²) in [5.41, 5.74) is 2.66. The zero-order valence-corrected chi connectivity index (χ0v) is 11.6. The van der Waals surface area contributed by atoms with Crippen molar-refractivity contribution in [3.63, 3.8) is 0 Å². The second-order valence-corrected chi connectivity index (χ2v) is 5.98. The molecule has 0 atom stereocenters. The standard InChI is InChI=1S/C16H17NS/c1-3-14-6-7-15(18-14)11-17-9-8-13-5-4-12(2)10-16(13)17/h4-10H,3,11H2,1-2H3. The van der Waals surface area contributed by atoms with Gasteiger partial charge in [-0.2, -0.15) is 0 Å². The number of thiophene rings is 1. The van der Waals surface area contributed by atoms with Gasteiger partial charge in [0.25, 0.3) is 0 Å². The Balaban J connectivity index is 1.96. The van der Waals surface area contributed by atoms with Gasteiger partial charge in [0.15, 0.2) is 0 Å². The summed E-state index contributed by atoms with van der Waals surface area (Å²) >= 11 is 1.92. The summed E-state index contributed by atoms with van der Waals surface area (Å²) in [5, 5.41) is 1.33. The van der Waals surface area contributed by atoms with Crippen molar-refractivity contribution in [2.75, 3.05) is 0 Å². The lowest BCUT2D eigenvalue weighted by Crippen LogP contribution is -1.95. The highest BCUT2D eigenvalue weighted by Gasteiger charge is 2.04. The average molecular weight is 255 g/mol. The quantitative estimate of drug-likeness (QED) is 0.643. The molecular weight excluding hydrogens is 238 g/mol. The van der Waals surface area contributed by atoms with Gasteiger partial charge in [0.1, 0.15) is 0 Å². The van der Waals surface area contributed by atoms with E-state index >= 15 is 0 Å². The second kappa shape index (κ2) is 4.62. The van der Waals surface area contributed by atoms with Crippen LogP contribution in [0.5, 0.6) is 0 Å². The number of hydrogen-bond acceptors (Lipinski definition) is 1. The van der Waals surface area contributed by atoms with Crippen LogP contribution in [0, 0.1) is 6.92 Å². The molecule has 92 valence electrons. The summed E-state index contributed by atoms with van der Waals surface area (Å²) in [4.78, 5) is 2.91. The Morgan fingerprint density at radius 2 is 1.89 bits per heavy atom. The first-order valence-electron chi connectivity index (χ1n) is 6.39. The predicted molar refractivity (Wildman–Crippen MR) is 79.5 cm³/mol. The molecule has 0 amide bonds. The summed E-state index contributed by atoms with van der Waals surface area (Å²) in [5.74, 6) is 0. The van der Waals surface area contributed by atoms with E-state index < -0.39 is 0 Å². The maximum absolute atomic E-state index is 2.34. The summed E-state index contributed by atoms with van der Waals surface area (Å²) in [6, 6.07) is 13.3. The van der Waals surface area contributed by atoms with Gasteiger partial charge in [-0.05, 0) is 48.6 Å². The first-order valence-corrected chi connectivity index (χ1v) is 7.21. The van der Waals surface area contributed by atoms with E-state index in [1.54, 1.807) is 0 Å². The minimum atomic E-state index is 0.984. The molecule has 0 N–H and O–H groups in total. The molecule has 0 spiro atoms. The van der Waals surface area contributed by atoms with Crippen molar-refractivity contribution < 1.29 is 0 Å². The monoisotopic (exact) mass is 255 g/mol. The molecule has 0 aliphatic heterocycles. The Labute approximate surface area is 112 Å². The van der Waals surface area contributed by atoms with E-state index in [1.807, 2.05) is 11.3 Å². The first-order chi connectivity index (χ1) is 8.76. The van der Waals surface area contributed by atoms with Crippen LogP contribution in [-0.4, -0.2) is 4.57 Å². The number of aromatic nitrogens is 1. The van der Waals surface area contributed by atoms with Crippen molar-refractivity contribution >= 4 is 22.2 Å². The molecule has 3 aromatic rings. The summed E-state index contributed by atoms with van der Waals surface area (Å²) in [6.07, 6.45) is 3.33. The number of aryl methyl sites for hydroxylation is 2. The molecule has 3 rings (SSSR count). The van der Waals surface area contributed by atoms with Crippen LogP contribution in [-0.2, 0) is 13.0 Å². The molecule has 0 bridgehead atoms. The molecule has 0 aliphatic carbocycles. The fourth-order valence-corrected chi connectivity index (χ4v) is 3.25. The summed E-state index contributed by atoms with van der Waals surface area (Å²) in [6.45, 7) is 5.35. The number of benzene rings is 1. The molecular formula is C16H17NS. The largest absolute Gasteiger partial charge is 0.342 e. The Morgan fingerprint density at radius 1 is 1.06 bits per heavy atom. The molecule has 0 radical (unpaired) electrons. The third-order valence-corrected chi connectivity index (χ3v) is 4.54. The Kier molecular flexibility index (Phi) is 2.96. The smallest absolute Gasteiger partial charge is 0.0569 e. The highest BCUT2D eigenvalue weighted by molar-refractivity contribution is 7.11. The topological polar surface area (TPSA) is 4.93 Å². The van der Waals surface area contributed by atoms with Crippen LogP contribution in [0.15, 0.2) is 42.6 Å². The highest BCUT2D eigenvalue weighted by Crippen LogP contribution is 2.22. The first kappa shape index (κ1) is 11.5. The van der Waals surface area contributed by atoms with Gasteiger partial charge in [-0.1, -0.05) is 19.1 Å². The molecule has 0 saturated heterocycles. The Morgan fingerprint density at radius 3 is 2.67 bits per heavy atom. The van der Waals surface area contributed by atoms with Crippen LogP contribution in [0.4, 0.5) is 0 Å². The van der Waals surface area contributed by atoms with Gasteiger partial charge in [0.2, 0.25) is 0 Å². The molecule has 2 heterocycles.